The third-order valence-corrected chi connectivity index (χ3v) is 3.43. The molecule has 2 N–H and O–H groups in total. The van der Waals surface area contributed by atoms with Gasteiger partial charge in [-0.2, -0.15) is 10.5 Å². The third kappa shape index (κ3) is 2.66. The molecule has 3 rings (SSSR count). The maximum atomic E-state index is 9.04. The molecule has 1 aliphatic heterocycles. The van der Waals surface area contributed by atoms with Crippen LogP contribution in [0.1, 0.15) is 11.1 Å². The number of piperazine rings is 1. The van der Waals surface area contributed by atoms with Gasteiger partial charge in [0.25, 0.3) is 0 Å². The molecule has 2 aromatic rings. The summed E-state index contributed by atoms with van der Waals surface area (Å²) >= 11 is 0. The molecule has 0 atom stereocenters. The predicted octanol–water partition coefficient (Wildman–Crippen LogP) is 0.144. The van der Waals surface area contributed by atoms with Crippen LogP contribution in [0.2, 0.25) is 0 Å². The second-order valence-electron chi connectivity index (χ2n) is 4.75. The van der Waals surface area contributed by atoms with Crippen molar-refractivity contribution in [3.63, 3.8) is 0 Å². The second kappa shape index (κ2) is 5.77. The Kier molecular flexibility index (Phi) is 3.67. The molecule has 0 saturated carbocycles. The van der Waals surface area contributed by atoms with Crippen LogP contribution in [0.3, 0.4) is 0 Å². The zero-order valence-electron chi connectivity index (χ0n) is 11.0. The molecule has 0 aliphatic carbocycles. The Morgan fingerprint density at radius 1 is 1.30 bits per heavy atom. The Hall–Kier alpha value is -2.30. The summed E-state index contributed by atoms with van der Waals surface area (Å²) in [4.78, 5) is 2.38. The summed E-state index contributed by atoms with van der Waals surface area (Å²) in [5.41, 5.74) is 2.59. The lowest BCUT2D eigenvalue weighted by Crippen LogP contribution is -2.42. The summed E-state index contributed by atoms with van der Waals surface area (Å²) < 4.78 is 0. The molecule has 1 saturated heterocycles. The first kappa shape index (κ1) is 12.7. The Labute approximate surface area is 116 Å². The number of hydrogen-bond donors (Lipinski definition) is 2. The number of rotatable bonds is 3. The molecule has 0 spiro atoms. The monoisotopic (exact) mass is 269 g/mol. The molecule has 7 heteroatoms. The molecule has 0 unspecified atom stereocenters. The number of tetrazole rings is 1. The fourth-order valence-corrected chi connectivity index (χ4v) is 2.38. The minimum Gasteiger partial charge on any atom is -0.314 e. The van der Waals surface area contributed by atoms with Gasteiger partial charge in [0, 0.05) is 38.3 Å². The summed E-state index contributed by atoms with van der Waals surface area (Å²) in [7, 11) is 0. The van der Waals surface area contributed by atoms with Crippen molar-refractivity contribution < 1.29 is 0 Å². The van der Waals surface area contributed by atoms with E-state index < -0.39 is 0 Å². The quantitative estimate of drug-likeness (QED) is 0.823. The van der Waals surface area contributed by atoms with Gasteiger partial charge in [-0.3, -0.25) is 4.90 Å². The zero-order valence-corrected chi connectivity index (χ0v) is 11.0. The minimum absolute atomic E-state index is 0.534. The second-order valence-corrected chi connectivity index (χ2v) is 4.75. The van der Waals surface area contributed by atoms with E-state index in [9.17, 15) is 0 Å². The summed E-state index contributed by atoms with van der Waals surface area (Å²) in [6.07, 6.45) is 0. The topological polar surface area (TPSA) is 93.5 Å². The van der Waals surface area contributed by atoms with Gasteiger partial charge in [-0.15, -0.1) is 10.2 Å². The number of nitrogens with one attached hydrogen (secondary N) is 2. The van der Waals surface area contributed by atoms with Crippen molar-refractivity contribution in [2.24, 2.45) is 0 Å². The van der Waals surface area contributed by atoms with E-state index in [4.69, 9.17) is 5.26 Å². The predicted molar refractivity (Wildman–Crippen MR) is 72.5 cm³/mol. The lowest BCUT2D eigenvalue weighted by molar-refractivity contribution is 0.233. The number of aromatic amines is 1. The number of benzene rings is 1. The molecule has 7 nitrogen and oxygen atoms in total. The van der Waals surface area contributed by atoms with Gasteiger partial charge in [-0.25, -0.2) is 0 Å². The van der Waals surface area contributed by atoms with Gasteiger partial charge >= 0.3 is 0 Å². The van der Waals surface area contributed by atoms with Crippen LogP contribution < -0.4 is 5.32 Å². The van der Waals surface area contributed by atoms with Gasteiger partial charge in [0.05, 0.1) is 11.6 Å². The number of nitriles is 1. The van der Waals surface area contributed by atoms with E-state index in [-0.39, 0.29) is 0 Å². The van der Waals surface area contributed by atoms with Crippen LogP contribution in [0.4, 0.5) is 0 Å². The molecular formula is C13H15N7. The largest absolute Gasteiger partial charge is 0.314 e. The Bertz CT molecular complexity index is 608. The Balaban J connectivity index is 1.91. The molecule has 2 heterocycles. The normalized spacial score (nSPS) is 15.9. The van der Waals surface area contributed by atoms with Crippen LogP contribution in [-0.2, 0) is 6.54 Å². The molecule has 20 heavy (non-hydrogen) atoms. The summed E-state index contributed by atoms with van der Waals surface area (Å²) in [5.74, 6) is 0.534. The van der Waals surface area contributed by atoms with E-state index in [1.54, 1.807) is 0 Å². The fourth-order valence-electron chi connectivity index (χ4n) is 2.38. The van der Waals surface area contributed by atoms with Crippen LogP contribution in [0, 0.1) is 11.3 Å². The highest BCUT2D eigenvalue weighted by atomic mass is 15.5. The standard InChI is InChI=1S/C13H15N7/c14-8-10-1-2-11(9-20-5-3-15-4-6-20)12(7-10)13-16-18-19-17-13/h1-2,7,15H,3-6,9H2,(H,16,17,18,19). The van der Waals surface area contributed by atoms with Gasteiger partial charge in [0.1, 0.15) is 0 Å². The van der Waals surface area contributed by atoms with Gasteiger partial charge in [0.15, 0.2) is 0 Å². The van der Waals surface area contributed by atoms with E-state index in [0.717, 1.165) is 43.9 Å². The highest BCUT2D eigenvalue weighted by molar-refractivity contribution is 5.62. The molecule has 1 aromatic carbocycles. The Morgan fingerprint density at radius 2 is 2.15 bits per heavy atom. The van der Waals surface area contributed by atoms with E-state index in [1.165, 1.54) is 0 Å². The zero-order chi connectivity index (χ0) is 13.8. The smallest absolute Gasteiger partial charge is 0.205 e. The fraction of sp³-hybridized carbons (Fsp3) is 0.385. The first-order chi connectivity index (χ1) is 9.86. The van der Waals surface area contributed by atoms with Crippen molar-refractivity contribution in [3.05, 3.63) is 29.3 Å². The average molecular weight is 269 g/mol. The van der Waals surface area contributed by atoms with Crippen LogP contribution >= 0.6 is 0 Å². The van der Waals surface area contributed by atoms with Gasteiger partial charge in [0.2, 0.25) is 5.82 Å². The number of hydrogen-bond acceptors (Lipinski definition) is 6. The van der Waals surface area contributed by atoms with E-state index in [2.05, 4.69) is 36.9 Å². The summed E-state index contributed by atoms with van der Waals surface area (Å²) in [5, 5.41) is 26.5. The minimum atomic E-state index is 0.534. The van der Waals surface area contributed by atoms with Crippen molar-refractivity contribution >= 4 is 0 Å². The number of aromatic nitrogens is 4. The summed E-state index contributed by atoms with van der Waals surface area (Å²) in [6, 6.07) is 7.79. The van der Waals surface area contributed by atoms with Crippen molar-refractivity contribution in [1.29, 1.82) is 5.26 Å². The van der Waals surface area contributed by atoms with Crippen LogP contribution in [0.15, 0.2) is 18.2 Å². The molecular weight excluding hydrogens is 254 g/mol. The highest BCUT2D eigenvalue weighted by Crippen LogP contribution is 2.22. The summed E-state index contributed by atoms with van der Waals surface area (Å²) in [6.45, 7) is 4.89. The molecule has 1 aromatic heterocycles. The van der Waals surface area contributed by atoms with Crippen LogP contribution in [0.25, 0.3) is 11.4 Å². The van der Waals surface area contributed by atoms with Crippen molar-refractivity contribution in [2.45, 2.75) is 6.54 Å². The highest BCUT2D eigenvalue weighted by Gasteiger charge is 2.15. The van der Waals surface area contributed by atoms with Crippen molar-refractivity contribution in [1.82, 2.24) is 30.8 Å². The first-order valence-electron chi connectivity index (χ1n) is 6.57. The number of nitrogens with zero attached hydrogens (tertiary/aromatic N) is 5. The molecule has 1 fully saturated rings. The maximum Gasteiger partial charge on any atom is 0.205 e. The molecule has 1 aliphatic rings. The SMILES string of the molecule is N#Cc1ccc(CN2CCNCC2)c(-c2nn[nH]n2)c1. The van der Waals surface area contributed by atoms with Gasteiger partial charge in [-0.1, -0.05) is 6.07 Å². The van der Waals surface area contributed by atoms with Crippen molar-refractivity contribution in [3.8, 4) is 17.5 Å². The van der Waals surface area contributed by atoms with Crippen molar-refractivity contribution in [2.75, 3.05) is 26.2 Å². The van der Waals surface area contributed by atoms with Gasteiger partial charge in [-0.05, 0) is 22.9 Å². The molecule has 0 amide bonds. The van der Waals surface area contributed by atoms with E-state index in [0.29, 0.717) is 11.4 Å². The lowest BCUT2D eigenvalue weighted by Gasteiger charge is -2.27. The van der Waals surface area contributed by atoms with E-state index >= 15 is 0 Å². The lowest BCUT2D eigenvalue weighted by atomic mass is 10.0. The maximum absolute atomic E-state index is 9.04. The molecule has 0 bridgehead atoms. The molecule has 0 radical (unpaired) electrons. The van der Waals surface area contributed by atoms with Gasteiger partial charge < -0.3 is 5.32 Å². The first-order valence-corrected chi connectivity index (χ1v) is 6.57. The van der Waals surface area contributed by atoms with E-state index in [1.807, 2.05) is 18.2 Å². The van der Waals surface area contributed by atoms with Crippen LogP contribution in [0.5, 0.6) is 0 Å². The average Bonchev–Trinajstić information content (AvgIpc) is 3.03. The van der Waals surface area contributed by atoms with Crippen LogP contribution in [-0.4, -0.2) is 51.7 Å². The number of H-pyrrole nitrogens is 1. The Morgan fingerprint density at radius 3 is 2.85 bits per heavy atom. The molecule has 102 valence electrons. The third-order valence-electron chi connectivity index (χ3n) is 3.43.